The molecule has 28 heavy (non-hydrogen) atoms. The fourth-order valence-electron chi connectivity index (χ4n) is 3.27. The summed E-state index contributed by atoms with van der Waals surface area (Å²) in [6.45, 7) is 3.88. The average Bonchev–Trinajstić information content (AvgIpc) is 2.95. The Morgan fingerprint density at radius 1 is 0.821 bits per heavy atom. The number of carbonyl (C=O) groups is 3. The first-order valence-corrected chi connectivity index (χ1v) is 8.92. The summed E-state index contributed by atoms with van der Waals surface area (Å²) in [7, 11) is 0. The van der Waals surface area contributed by atoms with Gasteiger partial charge in [-0.2, -0.15) is 0 Å². The van der Waals surface area contributed by atoms with Gasteiger partial charge in [0.25, 0.3) is 17.7 Å². The molecular weight excluding hydrogens is 352 g/mol. The summed E-state index contributed by atoms with van der Waals surface area (Å²) in [5, 5.41) is 2.90. The number of nitrogens with one attached hydrogen (secondary N) is 1. The van der Waals surface area contributed by atoms with Gasteiger partial charge in [-0.3, -0.25) is 14.4 Å². The molecule has 1 N–H and O–H groups in total. The SMILES string of the molecule is Cc1ccc(C)c(NC(=O)c2cccc(N3C(=O)c4ccccc4C3=O)c2)c1. The first-order valence-electron chi connectivity index (χ1n) is 8.92. The second-order valence-electron chi connectivity index (χ2n) is 6.81. The van der Waals surface area contributed by atoms with Crippen LogP contribution >= 0.6 is 0 Å². The number of nitrogens with zero attached hydrogens (tertiary/aromatic N) is 1. The second-order valence-corrected chi connectivity index (χ2v) is 6.81. The van der Waals surface area contributed by atoms with Crippen LogP contribution in [0.3, 0.4) is 0 Å². The number of amides is 3. The van der Waals surface area contributed by atoms with Crippen LogP contribution in [0.4, 0.5) is 11.4 Å². The van der Waals surface area contributed by atoms with Crippen molar-refractivity contribution >= 4 is 29.1 Å². The predicted molar refractivity (Wildman–Crippen MR) is 108 cm³/mol. The van der Waals surface area contributed by atoms with Crippen LogP contribution in [0, 0.1) is 13.8 Å². The van der Waals surface area contributed by atoms with Crippen LogP contribution in [0.2, 0.25) is 0 Å². The number of hydrogen-bond donors (Lipinski definition) is 1. The molecule has 5 heteroatoms. The van der Waals surface area contributed by atoms with Gasteiger partial charge in [0.2, 0.25) is 0 Å². The van der Waals surface area contributed by atoms with Crippen molar-refractivity contribution in [1.82, 2.24) is 0 Å². The van der Waals surface area contributed by atoms with E-state index in [-0.39, 0.29) is 17.7 Å². The standard InChI is InChI=1S/C23H18N2O3/c1-14-10-11-15(2)20(12-14)24-21(26)16-6-5-7-17(13-16)25-22(27)18-8-3-4-9-19(18)23(25)28/h3-13H,1-2H3,(H,24,26). The molecule has 0 aromatic heterocycles. The molecule has 0 aliphatic carbocycles. The van der Waals surface area contributed by atoms with E-state index in [2.05, 4.69) is 5.32 Å². The summed E-state index contributed by atoms with van der Waals surface area (Å²) in [6.07, 6.45) is 0. The summed E-state index contributed by atoms with van der Waals surface area (Å²) in [6, 6.07) is 19.1. The molecule has 0 radical (unpaired) electrons. The van der Waals surface area contributed by atoms with Crippen LogP contribution in [-0.2, 0) is 0 Å². The van der Waals surface area contributed by atoms with E-state index in [0.717, 1.165) is 21.7 Å². The molecule has 0 fully saturated rings. The highest BCUT2D eigenvalue weighted by molar-refractivity contribution is 6.34. The zero-order chi connectivity index (χ0) is 19.8. The van der Waals surface area contributed by atoms with Gasteiger partial charge in [-0.15, -0.1) is 0 Å². The van der Waals surface area contributed by atoms with Gasteiger partial charge < -0.3 is 5.32 Å². The lowest BCUT2D eigenvalue weighted by Gasteiger charge is -2.15. The van der Waals surface area contributed by atoms with Crippen molar-refractivity contribution in [2.45, 2.75) is 13.8 Å². The smallest absolute Gasteiger partial charge is 0.266 e. The van der Waals surface area contributed by atoms with Gasteiger partial charge in [0, 0.05) is 11.3 Å². The molecule has 1 heterocycles. The molecule has 3 aromatic carbocycles. The van der Waals surface area contributed by atoms with Crippen LogP contribution in [0.25, 0.3) is 0 Å². The quantitative estimate of drug-likeness (QED) is 0.697. The van der Waals surface area contributed by atoms with Gasteiger partial charge in [0.1, 0.15) is 0 Å². The number of aryl methyl sites for hydroxylation is 2. The number of fused-ring (bicyclic) bond motifs is 1. The molecule has 0 bridgehead atoms. The Balaban J connectivity index is 1.64. The summed E-state index contributed by atoms with van der Waals surface area (Å²) in [5.41, 5.74) is 4.22. The van der Waals surface area contributed by atoms with Gasteiger partial charge in [-0.05, 0) is 61.4 Å². The van der Waals surface area contributed by atoms with Crippen molar-refractivity contribution in [2.24, 2.45) is 0 Å². The number of anilines is 2. The van der Waals surface area contributed by atoms with Crippen molar-refractivity contribution in [1.29, 1.82) is 0 Å². The molecule has 0 saturated carbocycles. The molecule has 4 rings (SSSR count). The second kappa shape index (κ2) is 6.78. The largest absolute Gasteiger partial charge is 0.322 e. The molecule has 0 saturated heterocycles. The Bertz CT molecular complexity index is 1100. The van der Waals surface area contributed by atoms with E-state index in [1.807, 2.05) is 32.0 Å². The van der Waals surface area contributed by atoms with Gasteiger partial charge in [0.15, 0.2) is 0 Å². The Hall–Kier alpha value is -3.73. The Labute approximate surface area is 162 Å². The highest BCUT2D eigenvalue weighted by atomic mass is 16.2. The van der Waals surface area contributed by atoms with Crippen LogP contribution in [0.5, 0.6) is 0 Å². The summed E-state index contributed by atoms with van der Waals surface area (Å²) in [4.78, 5) is 39.2. The van der Waals surface area contributed by atoms with E-state index in [1.54, 1.807) is 48.5 Å². The summed E-state index contributed by atoms with van der Waals surface area (Å²) >= 11 is 0. The Morgan fingerprint density at radius 2 is 1.50 bits per heavy atom. The molecule has 1 aliphatic heterocycles. The van der Waals surface area contributed by atoms with E-state index >= 15 is 0 Å². The average molecular weight is 370 g/mol. The molecule has 138 valence electrons. The predicted octanol–water partition coefficient (Wildman–Crippen LogP) is 4.36. The third-order valence-corrected chi connectivity index (χ3v) is 4.80. The normalized spacial score (nSPS) is 12.9. The minimum atomic E-state index is -0.382. The van der Waals surface area contributed by atoms with E-state index in [0.29, 0.717) is 22.4 Å². The minimum Gasteiger partial charge on any atom is -0.322 e. The lowest BCUT2D eigenvalue weighted by Crippen LogP contribution is -2.29. The zero-order valence-corrected chi connectivity index (χ0v) is 15.5. The van der Waals surface area contributed by atoms with Crippen LogP contribution in [0.15, 0.2) is 66.7 Å². The van der Waals surface area contributed by atoms with Gasteiger partial charge in [-0.25, -0.2) is 4.90 Å². The number of carbonyl (C=O) groups excluding carboxylic acids is 3. The topological polar surface area (TPSA) is 66.5 Å². The van der Waals surface area contributed by atoms with Crippen molar-refractivity contribution < 1.29 is 14.4 Å². The molecule has 3 amide bonds. The number of imide groups is 1. The maximum atomic E-state index is 12.7. The van der Waals surface area contributed by atoms with Crippen LogP contribution < -0.4 is 10.2 Å². The van der Waals surface area contributed by atoms with Crippen LogP contribution in [0.1, 0.15) is 42.2 Å². The summed E-state index contributed by atoms with van der Waals surface area (Å²) in [5.74, 6) is -1.06. The van der Waals surface area contributed by atoms with Crippen molar-refractivity contribution in [2.75, 3.05) is 10.2 Å². The highest BCUT2D eigenvalue weighted by Gasteiger charge is 2.36. The maximum Gasteiger partial charge on any atom is 0.266 e. The zero-order valence-electron chi connectivity index (χ0n) is 15.5. The van der Waals surface area contributed by atoms with Crippen molar-refractivity contribution in [3.05, 3.63) is 94.5 Å². The maximum absolute atomic E-state index is 12.7. The summed E-state index contributed by atoms with van der Waals surface area (Å²) < 4.78 is 0. The molecule has 0 atom stereocenters. The fourth-order valence-corrected chi connectivity index (χ4v) is 3.27. The van der Waals surface area contributed by atoms with E-state index in [1.165, 1.54) is 0 Å². The first kappa shape index (κ1) is 17.7. The number of benzene rings is 3. The Morgan fingerprint density at radius 3 is 2.18 bits per heavy atom. The molecule has 1 aliphatic rings. The lowest BCUT2D eigenvalue weighted by atomic mass is 10.1. The molecule has 5 nitrogen and oxygen atoms in total. The van der Waals surface area contributed by atoms with E-state index < -0.39 is 0 Å². The van der Waals surface area contributed by atoms with E-state index in [9.17, 15) is 14.4 Å². The lowest BCUT2D eigenvalue weighted by molar-refractivity contribution is 0.0924. The monoisotopic (exact) mass is 370 g/mol. The van der Waals surface area contributed by atoms with Gasteiger partial charge in [-0.1, -0.05) is 30.3 Å². The van der Waals surface area contributed by atoms with Crippen LogP contribution in [-0.4, -0.2) is 17.7 Å². The fraction of sp³-hybridized carbons (Fsp3) is 0.0870. The Kier molecular flexibility index (Phi) is 4.28. The van der Waals surface area contributed by atoms with Crippen molar-refractivity contribution in [3.8, 4) is 0 Å². The highest BCUT2D eigenvalue weighted by Crippen LogP contribution is 2.29. The molecule has 0 spiro atoms. The number of rotatable bonds is 3. The van der Waals surface area contributed by atoms with E-state index in [4.69, 9.17) is 0 Å². The first-order chi connectivity index (χ1) is 13.5. The third-order valence-electron chi connectivity index (χ3n) is 4.80. The molecular formula is C23H18N2O3. The molecule has 0 unspecified atom stereocenters. The van der Waals surface area contributed by atoms with Gasteiger partial charge >= 0.3 is 0 Å². The third kappa shape index (κ3) is 2.97. The minimum absolute atomic E-state index is 0.299. The number of hydrogen-bond acceptors (Lipinski definition) is 3. The molecule has 3 aromatic rings. The van der Waals surface area contributed by atoms with Crippen molar-refractivity contribution in [3.63, 3.8) is 0 Å². The van der Waals surface area contributed by atoms with Gasteiger partial charge in [0.05, 0.1) is 16.8 Å².